The Labute approximate surface area is 118 Å². The average Bonchev–Trinajstić information content (AvgIpc) is 2.42. The van der Waals surface area contributed by atoms with Crippen LogP contribution in [0.5, 0.6) is 0 Å². The molecular formula is C14H20N2O4. The van der Waals surface area contributed by atoms with Crippen molar-refractivity contribution in [1.29, 1.82) is 0 Å². The fourth-order valence-electron chi connectivity index (χ4n) is 1.78. The van der Waals surface area contributed by atoms with E-state index in [1.54, 1.807) is 31.1 Å². The fourth-order valence-corrected chi connectivity index (χ4v) is 1.78. The van der Waals surface area contributed by atoms with Gasteiger partial charge in [0.05, 0.1) is 17.1 Å². The van der Waals surface area contributed by atoms with Gasteiger partial charge in [-0.25, -0.2) is 4.79 Å². The predicted molar refractivity (Wildman–Crippen MR) is 77.2 cm³/mol. The highest BCUT2D eigenvalue weighted by atomic mass is 16.6. The van der Waals surface area contributed by atoms with Gasteiger partial charge in [-0.2, -0.15) is 0 Å². The van der Waals surface area contributed by atoms with Crippen LogP contribution in [0.2, 0.25) is 0 Å². The lowest BCUT2D eigenvalue weighted by Crippen LogP contribution is -2.12. The van der Waals surface area contributed by atoms with Gasteiger partial charge >= 0.3 is 5.97 Å². The summed E-state index contributed by atoms with van der Waals surface area (Å²) < 4.78 is 5.09. The number of ether oxygens (including phenoxy) is 1. The summed E-state index contributed by atoms with van der Waals surface area (Å²) in [5, 5.41) is 11.0. The molecule has 1 aromatic carbocycles. The van der Waals surface area contributed by atoms with Gasteiger partial charge in [0, 0.05) is 20.2 Å². The van der Waals surface area contributed by atoms with E-state index in [1.165, 1.54) is 6.07 Å². The Balaban J connectivity index is 2.83. The molecule has 0 amide bonds. The van der Waals surface area contributed by atoms with Crippen molar-refractivity contribution in [2.75, 3.05) is 25.6 Å². The highest BCUT2D eigenvalue weighted by Gasteiger charge is 2.19. The number of nitro benzene ring substituents is 1. The zero-order chi connectivity index (χ0) is 15.1. The maximum absolute atomic E-state index is 11.8. The molecule has 110 valence electrons. The van der Waals surface area contributed by atoms with E-state index < -0.39 is 10.9 Å². The van der Waals surface area contributed by atoms with E-state index in [4.69, 9.17) is 4.74 Å². The number of nitrogens with zero attached hydrogens (tertiary/aromatic N) is 2. The summed E-state index contributed by atoms with van der Waals surface area (Å²) in [6.07, 6.45) is 2.84. The van der Waals surface area contributed by atoms with Crippen LogP contribution in [0.15, 0.2) is 18.2 Å². The van der Waals surface area contributed by atoms with E-state index in [0.29, 0.717) is 12.3 Å². The van der Waals surface area contributed by atoms with Crippen LogP contribution in [0.25, 0.3) is 0 Å². The first-order chi connectivity index (χ1) is 9.47. The van der Waals surface area contributed by atoms with Crippen molar-refractivity contribution in [1.82, 2.24) is 0 Å². The summed E-state index contributed by atoms with van der Waals surface area (Å²) in [6, 6.07) is 4.36. The van der Waals surface area contributed by atoms with Crippen LogP contribution in [0, 0.1) is 10.1 Å². The smallest absolute Gasteiger partial charge is 0.338 e. The molecule has 1 aromatic rings. The van der Waals surface area contributed by atoms with E-state index in [1.807, 2.05) is 0 Å². The molecule has 6 nitrogen and oxygen atoms in total. The molecule has 0 unspecified atom stereocenters. The number of nitro groups is 1. The van der Waals surface area contributed by atoms with Gasteiger partial charge in [0.1, 0.15) is 5.69 Å². The molecule has 0 aliphatic heterocycles. The largest absolute Gasteiger partial charge is 0.462 e. The number of rotatable bonds is 7. The molecule has 0 saturated heterocycles. The number of benzene rings is 1. The second-order valence-electron chi connectivity index (χ2n) is 4.70. The van der Waals surface area contributed by atoms with Gasteiger partial charge in [-0.1, -0.05) is 19.8 Å². The maximum Gasteiger partial charge on any atom is 0.338 e. The van der Waals surface area contributed by atoms with Crippen molar-refractivity contribution in [3.8, 4) is 0 Å². The van der Waals surface area contributed by atoms with Crippen LogP contribution in [0.4, 0.5) is 11.4 Å². The first kappa shape index (κ1) is 15.9. The third kappa shape index (κ3) is 4.22. The number of unbranched alkanes of at least 4 members (excludes halogenated alkanes) is 2. The monoisotopic (exact) mass is 280 g/mol. The van der Waals surface area contributed by atoms with Gasteiger partial charge in [-0.3, -0.25) is 10.1 Å². The van der Waals surface area contributed by atoms with Crippen molar-refractivity contribution in [3.05, 3.63) is 33.9 Å². The topological polar surface area (TPSA) is 72.7 Å². The SMILES string of the molecule is CCCCCOC(=O)c1ccc(N(C)C)c([N+](=O)[O-])c1. The standard InChI is InChI=1S/C14H20N2O4/c1-4-5-6-9-20-14(17)11-7-8-12(15(2)3)13(10-11)16(18)19/h7-8,10H,4-6,9H2,1-3H3. The molecule has 0 atom stereocenters. The minimum Gasteiger partial charge on any atom is -0.462 e. The second-order valence-corrected chi connectivity index (χ2v) is 4.70. The lowest BCUT2D eigenvalue weighted by atomic mass is 10.1. The summed E-state index contributed by atoms with van der Waals surface area (Å²) in [5.74, 6) is -0.519. The number of hydrogen-bond acceptors (Lipinski definition) is 5. The van der Waals surface area contributed by atoms with E-state index in [9.17, 15) is 14.9 Å². The normalized spacial score (nSPS) is 10.2. The minimum atomic E-state index is -0.519. The molecule has 0 saturated carbocycles. The van der Waals surface area contributed by atoms with Crippen molar-refractivity contribution < 1.29 is 14.5 Å². The molecule has 6 heteroatoms. The van der Waals surface area contributed by atoms with Crippen LogP contribution in [-0.2, 0) is 4.74 Å². The van der Waals surface area contributed by atoms with Crippen molar-refractivity contribution in [2.45, 2.75) is 26.2 Å². The van der Waals surface area contributed by atoms with Crippen LogP contribution >= 0.6 is 0 Å². The van der Waals surface area contributed by atoms with E-state index in [0.717, 1.165) is 19.3 Å². The van der Waals surface area contributed by atoms with E-state index in [-0.39, 0.29) is 11.3 Å². The molecule has 0 aromatic heterocycles. The Morgan fingerprint density at radius 1 is 1.35 bits per heavy atom. The quantitative estimate of drug-likeness (QED) is 0.332. The second kappa shape index (κ2) is 7.47. The van der Waals surface area contributed by atoms with Gasteiger partial charge in [-0.15, -0.1) is 0 Å². The molecule has 0 aliphatic carbocycles. The zero-order valence-electron chi connectivity index (χ0n) is 12.1. The summed E-state index contributed by atoms with van der Waals surface area (Å²) in [4.78, 5) is 24.0. The Morgan fingerprint density at radius 3 is 2.60 bits per heavy atom. The van der Waals surface area contributed by atoms with Crippen LogP contribution in [-0.4, -0.2) is 31.6 Å². The number of esters is 1. The average molecular weight is 280 g/mol. The molecule has 0 heterocycles. The van der Waals surface area contributed by atoms with Crippen molar-refractivity contribution in [2.24, 2.45) is 0 Å². The highest BCUT2D eigenvalue weighted by Crippen LogP contribution is 2.27. The molecule has 0 spiro atoms. The Hall–Kier alpha value is -2.11. The number of anilines is 1. The molecule has 20 heavy (non-hydrogen) atoms. The first-order valence-electron chi connectivity index (χ1n) is 6.60. The van der Waals surface area contributed by atoms with E-state index in [2.05, 4.69) is 6.92 Å². The summed E-state index contributed by atoms with van der Waals surface area (Å²) in [6.45, 7) is 2.40. The summed E-state index contributed by atoms with van der Waals surface area (Å²) in [5.41, 5.74) is 0.564. The van der Waals surface area contributed by atoms with Crippen LogP contribution < -0.4 is 4.90 Å². The summed E-state index contributed by atoms with van der Waals surface area (Å²) >= 11 is 0. The number of hydrogen-bond donors (Lipinski definition) is 0. The molecular weight excluding hydrogens is 260 g/mol. The molecule has 0 radical (unpaired) electrons. The molecule has 0 fully saturated rings. The predicted octanol–water partition coefficient (Wildman–Crippen LogP) is 3.01. The first-order valence-corrected chi connectivity index (χ1v) is 6.60. The lowest BCUT2D eigenvalue weighted by molar-refractivity contribution is -0.384. The maximum atomic E-state index is 11.8. The summed E-state index contributed by atoms with van der Waals surface area (Å²) in [7, 11) is 3.43. The Kier molecular flexibility index (Phi) is 5.96. The Morgan fingerprint density at radius 2 is 2.05 bits per heavy atom. The van der Waals surface area contributed by atoms with Crippen LogP contribution in [0.3, 0.4) is 0 Å². The molecule has 0 aliphatic rings. The van der Waals surface area contributed by atoms with Crippen LogP contribution in [0.1, 0.15) is 36.5 Å². The zero-order valence-corrected chi connectivity index (χ0v) is 12.1. The Bertz CT molecular complexity index is 486. The molecule has 0 bridgehead atoms. The molecule has 0 N–H and O–H groups in total. The van der Waals surface area contributed by atoms with Gasteiger partial charge < -0.3 is 9.64 Å². The minimum absolute atomic E-state index is 0.0991. The van der Waals surface area contributed by atoms with Gasteiger partial charge in [0.15, 0.2) is 0 Å². The van der Waals surface area contributed by atoms with Crippen molar-refractivity contribution >= 4 is 17.3 Å². The lowest BCUT2D eigenvalue weighted by Gasteiger charge is -2.13. The number of carbonyl (C=O) groups is 1. The van der Waals surface area contributed by atoms with E-state index >= 15 is 0 Å². The fraction of sp³-hybridized carbons (Fsp3) is 0.500. The third-order valence-corrected chi connectivity index (χ3v) is 2.87. The highest BCUT2D eigenvalue weighted by molar-refractivity contribution is 5.91. The van der Waals surface area contributed by atoms with Crippen molar-refractivity contribution in [3.63, 3.8) is 0 Å². The third-order valence-electron chi connectivity index (χ3n) is 2.87. The number of carbonyl (C=O) groups excluding carboxylic acids is 1. The van der Waals surface area contributed by atoms with Gasteiger partial charge in [0.25, 0.3) is 5.69 Å². The molecule has 1 rings (SSSR count). The van der Waals surface area contributed by atoms with Gasteiger partial charge in [-0.05, 0) is 18.6 Å². The van der Waals surface area contributed by atoms with Gasteiger partial charge in [0.2, 0.25) is 0 Å².